The van der Waals surface area contributed by atoms with Crippen LogP contribution in [0.4, 0.5) is 0 Å². The summed E-state index contributed by atoms with van der Waals surface area (Å²) < 4.78 is 5.67. The molecule has 2 heterocycles. The molecule has 0 aliphatic rings. The lowest BCUT2D eigenvalue weighted by molar-refractivity contribution is 0.290. The van der Waals surface area contributed by atoms with Crippen LogP contribution < -0.4 is 4.74 Å². The van der Waals surface area contributed by atoms with Crippen LogP contribution in [0.25, 0.3) is 11.0 Å². The number of aromatic nitrogens is 3. The van der Waals surface area contributed by atoms with Crippen LogP contribution in [-0.4, -0.2) is 20.1 Å². The van der Waals surface area contributed by atoms with E-state index in [1.54, 1.807) is 6.07 Å². The summed E-state index contributed by atoms with van der Waals surface area (Å²) in [5, 5.41) is 9.55. The summed E-state index contributed by atoms with van der Waals surface area (Å²) in [5.74, 6) is 0.292. The Morgan fingerprint density at radius 1 is 1.00 bits per heavy atom. The number of ether oxygens (including phenoxy) is 1. The number of aromatic hydroxyl groups is 1. The van der Waals surface area contributed by atoms with Crippen molar-refractivity contribution in [1.29, 1.82) is 0 Å². The molecule has 20 heavy (non-hydrogen) atoms. The van der Waals surface area contributed by atoms with Crippen LogP contribution in [0, 0.1) is 6.92 Å². The van der Waals surface area contributed by atoms with Crippen molar-refractivity contribution >= 4 is 11.0 Å². The Morgan fingerprint density at radius 3 is 2.60 bits per heavy atom. The van der Waals surface area contributed by atoms with Gasteiger partial charge < -0.3 is 9.84 Å². The van der Waals surface area contributed by atoms with Gasteiger partial charge in [-0.2, -0.15) is 9.97 Å². The van der Waals surface area contributed by atoms with Gasteiger partial charge in [0.05, 0.1) is 5.52 Å². The Hall–Kier alpha value is -2.69. The Bertz CT molecular complexity index is 745. The van der Waals surface area contributed by atoms with Crippen molar-refractivity contribution in [2.24, 2.45) is 0 Å². The molecule has 0 radical (unpaired) electrons. The molecule has 0 bridgehead atoms. The largest absolute Gasteiger partial charge is 0.479 e. The molecule has 3 aromatic rings. The van der Waals surface area contributed by atoms with Crippen LogP contribution in [0.15, 0.2) is 42.5 Å². The van der Waals surface area contributed by atoms with Gasteiger partial charge in [-0.25, -0.2) is 4.98 Å². The van der Waals surface area contributed by atoms with Gasteiger partial charge >= 0.3 is 6.01 Å². The second-order valence-electron chi connectivity index (χ2n) is 4.42. The van der Waals surface area contributed by atoms with E-state index in [1.807, 2.05) is 43.3 Å². The molecular weight excluding hydrogens is 254 g/mol. The number of fused-ring (bicyclic) bond motifs is 1. The van der Waals surface area contributed by atoms with Gasteiger partial charge in [0.2, 0.25) is 5.88 Å². The van der Waals surface area contributed by atoms with Crippen LogP contribution in [-0.2, 0) is 6.61 Å². The van der Waals surface area contributed by atoms with E-state index < -0.39 is 0 Å². The molecule has 0 aliphatic carbocycles. The Morgan fingerprint density at radius 2 is 1.80 bits per heavy atom. The summed E-state index contributed by atoms with van der Waals surface area (Å²) in [6.45, 7) is 2.25. The highest BCUT2D eigenvalue weighted by molar-refractivity contribution is 5.79. The van der Waals surface area contributed by atoms with Gasteiger partial charge in [-0.05, 0) is 24.6 Å². The Labute approximate surface area is 115 Å². The van der Waals surface area contributed by atoms with E-state index in [9.17, 15) is 5.11 Å². The zero-order valence-electron chi connectivity index (χ0n) is 10.9. The van der Waals surface area contributed by atoms with E-state index in [4.69, 9.17) is 4.74 Å². The fraction of sp³-hybridized carbons (Fsp3) is 0.133. The number of rotatable bonds is 3. The lowest BCUT2D eigenvalue weighted by Gasteiger charge is -2.08. The number of hydrogen-bond donors (Lipinski definition) is 1. The van der Waals surface area contributed by atoms with Gasteiger partial charge in [0, 0.05) is 5.69 Å². The van der Waals surface area contributed by atoms with Crippen molar-refractivity contribution in [2.45, 2.75) is 13.5 Å². The zero-order chi connectivity index (χ0) is 13.9. The maximum atomic E-state index is 9.55. The molecule has 5 nitrogen and oxygen atoms in total. The number of nitrogens with zero attached hydrogens (tertiary/aromatic N) is 3. The highest BCUT2D eigenvalue weighted by Gasteiger charge is 2.10. The molecule has 0 saturated carbocycles. The third-order valence-electron chi connectivity index (χ3n) is 2.86. The fourth-order valence-electron chi connectivity index (χ4n) is 1.90. The van der Waals surface area contributed by atoms with Crippen LogP contribution >= 0.6 is 0 Å². The van der Waals surface area contributed by atoms with Crippen LogP contribution in [0.5, 0.6) is 11.9 Å². The zero-order valence-corrected chi connectivity index (χ0v) is 10.9. The second kappa shape index (κ2) is 5.13. The van der Waals surface area contributed by atoms with Crippen molar-refractivity contribution in [3.63, 3.8) is 0 Å². The topological polar surface area (TPSA) is 68.1 Å². The van der Waals surface area contributed by atoms with Gasteiger partial charge in [-0.15, -0.1) is 0 Å². The summed E-state index contributed by atoms with van der Waals surface area (Å²) in [5.41, 5.74) is 2.98. The molecule has 0 amide bonds. The molecule has 5 heteroatoms. The molecule has 0 unspecified atom stereocenters. The third-order valence-corrected chi connectivity index (χ3v) is 2.86. The first-order valence-electron chi connectivity index (χ1n) is 6.23. The van der Waals surface area contributed by atoms with Gasteiger partial charge in [0.25, 0.3) is 0 Å². The first kappa shape index (κ1) is 12.3. The summed E-state index contributed by atoms with van der Waals surface area (Å²) in [7, 11) is 0. The lowest BCUT2D eigenvalue weighted by Crippen LogP contribution is -2.00. The number of benzene rings is 1. The molecule has 1 N–H and O–H groups in total. The molecule has 0 saturated heterocycles. The molecule has 3 rings (SSSR count). The Balaban J connectivity index is 1.96. The minimum atomic E-state index is -0.314. The molecule has 0 atom stereocenters. The van der Waals surface area contributed by atoms with E-state index in [-0.39, 0.29) is 6.01 Å². The van der Waals surface area contributed by atoms with Crippen molar-refractivity contribution < 1.29 is 9.84 Å². The molecule has 0 fully saturated rings. The second-order valence-corrected chi connectivity index (χ2v) is 4.42. The maximum absolute atomic E-state index is 9.55. The van der Waals surface area contributed by atoms with Gasteiger partial charge in [-0.3, -0.25) is 0 Å². The molecule has 0 spiro atoms. The van der Waals surface area contributed by atoms with Crippen molar-refractivity contribution in [1.82, 2.24) is 15.0 Å². The Kier molecular flexibility index (Phi) is 3.16. The normalized spacial score (nSPS) is 10.7. The summed E-state index contributed by atoms with van der Waals surface area (Å²) in [4.78, 5) is 12.2. The standard InChI is InChI=1S/C15H13N3O2/c1-10-7-8-12-13(16-10)14(18-15(19)17-12)20-9-11-5-3-2-4-6-11/h2-8H,9H2,1H3,(H,17,18,19). The third kappa shape index (κ3) is 2.51. The minimum Gasteiger partial charge on any atom is -0.479 e. The molecule has 1 aromatic carbocycles. The summed E-state index contributed by atoms with van der Waals surface area (Å²) >= 11 is 0. The van der Waals surface area contributed by atoms with Crippen LogP contribution in [0.3, 0.4) is 0 Å². The predicted octanol–water partition coefficient (Wildman–Crippen LogP) is 2.62. The van der Waals surface area contributed by atoms with Gasteiger partial charge in [0.1, 0.15) is 6.61 Å². The van der Waals surface area contributed by atoms with E-state index in [2.05, 4.69) is 15.0 Å². The van der Waals surface area contributed by atoms with Gasteiger partial charge in [0.15, 0.2) is 5.52 Å². The van der Waals surface area contributed by atoms with Crippen LogP contribution in [0.1, 0.15) is 11.3 Å². The van der Waals surface area contributed by atoms with Crippen LogP contribution in [0.2, 0.25) is 0 Å². The highest BCUT2D eigenvalue weighted by atomic mass is 16.5. The van der Waals surface area contributed by atoms with E-state index >= 15 is 0 Å². The van der Waals surface area contributed by atoms with Crippen molar-refractivity contribution in [3.8, 4) is 11.9 Å². The quantitative estimate of drug-likeness (QED) is 0.790. The van der Waals surface area contributed by atoms with E-state index in [0.717, 1.165) is 11.3 Å². The number of pyridine rings is 1. The van der Waals surface area contributed by atoms with E-state index in [0.29, 0.717) is 23.5 Å². The summed E-state index contributed by atoms with van der Waals surface area (Å²) in [6.07, 6.45) is 0. The first-order valence-corrected chi connectivity index (χ1v) is 6.23. The predicted molar refractivity (Wildman–Crippen MR) is 74.5 cm³/mol. The molecule has 0 aliphatic heterocycles. The lowest BCUT2D eigenvalue weighted by atomic mass is 10.2. The van der Waals surface area contributed by atoms with Crippen molar-refractivity contribution in [3.05, 3.63) is 53.7 Å². The monoisotopic (exact) mass is 267 g/mol. The smallest absolute Gasteiger partial charge is 0.317 e. The minimum absolute atomic E-state index is 0.292. The first-order chi connectivity index (χ1) is 9.72. The molecular formula is C15H13N3O2. The average Bonchev–Trinajstić information content (AvgIpc) is 2.46. The maximum Gasteiger partial charge on any atom is 0.317 e. The SMILES string of the molecule is Cc1ccc2nc(O)nc(OCc3ccccc3)c2n1. The number of hydrogen-bond acceptors (Lipinski definition) is 5. The fourth-order valence-corrected chi connectivity index (χ4v) is 1.90. The highest BCUT2D eigenvalue weighted by Crippen LogP contribution is 2.23. The van der Waals surface area contributed by atoms with E-state index in [1.165, 1.54) is 0 Å². The summed E-state index contributed by atoms with van der Waals surface area (Å²) in [6, 6.07) is 13.0. The van der Waals surface area contributed by atoms with Gasteiger partial charge in [-0.1, -0.05) is 30.3 Å². The van der Waals surface area contributed by atoms with Crippen molar-refractivity contribution in [2.75, 3.05) is 0 Å². The average molecular weight is 267 g/mol. The number of aryl methyl sites for hydroxylation is 1. The molecule has 100 valence electrons. The molecule has 2 aromatic heterocycles.